The second-order valence-corrected chi connectivity index (χ2v) is 3.98. The van der Waals surface area contributed by atoms with Gasteiger partial charge in [-0.1, -0.05) is 26.7 Å². The lowest BCUT2D eigenvalue weighted by atomic mass is 10.1. The molecule has 0 unspecified atom stereocenters. The van der Waals surface area contributed by atoms with Gasteiger partial charge in [-0.05, 0) is 25.7 Å². The molecule has 0 amide bonds. The standard InChI is InChI=1S/C12H20N2O4/c1-3-5-7-9-11(13(15)16)12(14(17)18)10-8-6-4-2/h9-10H,3-8H2,1-2H3/b11-9-,12-10-. The van der Waals surface area contributed by atoms with E-state index in [1.807, 2.05) is 13.8 Å². The summed E-state index contributed by atoms with van der Waals surface area (Å²) < 4.78 is 0. The van der Waals surface area contributed by atoms with Gasteiger partial charge in [0.1, 0.15) is 0 Å². The lowest BCUT2D eigenvalue weighted by molar-refractivity contribution is -0.479. The Balaban J connectivity index is 5.00. The number of hydrogen-bond donors (Lipinski definition) is 0. The number of hydrogen-bond acceptors (Lipinski definition) is 4. The van der Waals surface area contributed by atoms with Gasteiger partial charge in [0.2, 0.25) is 0 Å². The quantitative estimate of drug-likeness (QED) is 0.272. The number of unbranched alkanes of at least 4 members (excludes halogenated alkanes) is 4. The van der Waals surface area contributed by atoms with Crippen molar-refractivity contribution in [2.45, 2.75) is 52.4 Å². The van der Waals surface area contributed by atoms with Gasteiger partial charge in [-0.3, -0.25) is 20.2 Å². The van der Waals surface area contributed by atoms with Crippen LogP contribution in [0.5, 0.6) is 0 Å². The first kappa shape index (κ1) is 16.3. The van der Waals surface area contributed by atoms with E-state index in [2.05, 4.69) is 0 Å². The van der Waals surface area contributed by atoms with Gasteiger partial charge < -0.3 is 0 Å². The molecule has 0 bridgehead atoms. The summed E-state index contributed by atoms with van der Waals surface area (Å²) in [7, 11) is 0. The maximum Gasteiger partial charge on any atom is 0.341 e. The van der Waals surface area contributed by atoms with Crippen LogP contribution in [0.1, 0.15) is 52.4 Å². The van der Waals surface area contributed by atoms with Crippen LogP contribution in [0.15, 0.2) is 23.5 Å². The van der Waals surface area contributed by atoms with Gasteiger partial charge >= 0.3 is 11.4 Å². The SMILES string of the molecule is CCCC/C=C(/C(=C/CCCC)[N+](=O)[O-])[N+](=O)[O-]. The Morgan fingerprint density at radius 2 is 1.22 bits per heavy atom. The average Bonchev–Trinajstić information content (AvgIpc) is 2.31. The monoisotopic (exact) mass is 256 g/mol. The van der Waals surface area contributed by atoms with Crippen LogP contribution in [-0.4, -0.2) is 9.85 Å². The van der Waals surface area contributed by atoms with Crippen LogP contribution in [0.2, 0.25) is 0 Å². The third-order valence-electron chi connectivity index (χ3n) is 2.45. The van der Waals surface area contributed by atoms with E-state index in [1.54, 1.807) is 0 Å². The molecule has 0 saturated carbocycles. The van der Waals surface area contributed by atoms with Crippen LogP contribution < -0.4 is 0 Å². The molecule has 0 saturated heterocycles. The van der Waals surface area contributed by atoms with Crippen molar-refractivity contribution in [1.29, 1.82) is 0 Å². The zero-order valence-electron chi connectivity index (χ0n) is 10.9. The van der Waals surface area contributed by atoms with Crippen LogP contribution in [0, 0.1) is 20.2 Å². The molecule has 0 aromatic carbocycles. The zero-order valence-corrected chi connectivity index (χ0v) is 10.9. The Labute approximate surface area is 107 Å². The number of rotatable bonds is 9. The molecule has 102 valence electrons. The number of nitrogens with zero attached hydrogens (tertiary/aromatic N) is 2. The molecule has 0 aliphatic heterocycles. The molecular formula is C12H20N2O4. The van der Waals surface area contributed by atoms with Gasteiger partial charge in [-0.25, -0.2) is 0 Å². The van der Waals surface area contributed by atoms with Crippen molar-refractivity contribution in [3.05, 3.63) is 43.8 Å². The summed E-state index contributed by atoms with van der Waals surface area (Å²) in [4.78, 5) is 20.4. The van der Waals surface area contributed by atoms with Crippen LogP contribution in [0.4, 0.5) is 0 Å². The smallest absolute Gasteiger partial charge is 0.258 e. The Morgan fingerprint density at radius 1 is 0.889 bits per heavy atom. The molecule has 0 aromatic rings. The predicted molar refractivity (Wildman–Crippen MR) is 69.2 cm³/mol. The highest BCUT2D eigenvalue weighted by molar-refractivity contribution is 5.18. The maximum absolute atomic E-state index is 10.9. The zero-order chi connectivity index (χ0) is 14.0. The summed E-state index contributed by atoms with van der Waals surface area (Å²) in [6.45, 7) is 3.93. The van der Waals surface area contributed by atoms with E-state index >= 15 is 0 Å². The van der Waals surface area contributed by atoms with Crippen molar-refractivity contribution >= 4 is 0 Å². The fraction of sp³-hybridized carbons (Fsp3) is 0.667. The molecule has 6 heteroatoms. The number of allylic oxidation sites excluding steroid dienone is 2. The second-order valence-electron chi connectivity index (χ2n) is 3.98. The fourth-order valence-electron chi connectivity index (χ4n) is 1.43. The summed E-state index contributed by atoms with van der Waals surface area (Å²) in [5.41, 5.74) is -0.769. The molecule has 0 spiro atoms. The Kier molecular flexibility index (Phi) is 8.43. The van der Waals surface area contributed by atoms with Crippen molar-refractivity contribution in [2.75, 3.05) is 0 Å². The molecule has 0 atom stereocenters. The third kappa shape index (κ3) is 6.12. The number of nitro groups is 2. The second kappa shape index (κ2) is 9.32. The van der Waals surface area contributed by atoms with Crippen LogP contribution in [0.25, 0.3) is 0 Å². The minimum atomic E-state index is -0.670. The van der Waals surface area contributed by atoms with Gasteiger partial charge in [0, 0.05) is 12.2 Å². The normalized spacial score (nSPS) is 12.6. The van der Waals surface area contributed by atoms with Crippen molar-refractivity contribution in [2.24, 2.45) is 0 Å². The van der Waals surface area contributed by atoms with Gasteiger partial charge in [0.15, 0.2) is 0 Å². The predicted octanol–water partition coefficient (Wildman–Crippen LogP) is 3.69. The molecule has 6 nitrogen and oxygen atoms in total. The van der Waals surface area contributed by atoms with E-state index in [-0.39, 0.29) is 11.4 Å². The highest BCUT2D eigenvalue weighted by Gasteiger charge is 2.27. The summed E-state index contributed by atoms with van der Waals surface area (Å²) >= 11 is 0. The Morgan fingerprint density at radius 3 is 1.44 bits per heavy atom. The third-order valence-corrected chi connectivity index (χ3v) is 2.45. The Hall–Kier alpha value is -1.72. The minimum absolute atomic E-state index is 0.385. The minimum Gasteiger partial charge on any atom is -0.258 e. The molecule has 0 N–H and O–H groups in total. The summed E-state index contributed by atoms with van der Waals surface area (Å²) in [6.07, 6.45) is 7.06. The average molecular weight is 256 g/mol. The fourth-order valence-corrected chi connectivity index (χ4v) is 1.43. The van der Waals surface area contributed by atoms with Crippen LogP contribution in [0.3, 0.4) is 0 Å². The van der Waals surface area contributed by atoms with Gasteiger partial charge in [0.25, 0.3) is 0 Å². The molecule has 0 aliphatic carbocycles. The van der Waals surface area contributed by atoms with Crippen molar-refractivity contribution < 1.29 is 9.85 Å². The molecule has 0 fully saturated rings. The van der Waals surface area contributed by atoms with E-state index in [0.29, 0.717) is 12.8 Å². The molecule has 0 aromatic heterocycles. The van der Waals surface area contributed by atoms with Crippen LogP contribution in [-0.2, 0) is 0 Å². The molecule has 0 radical (unpaired) electrons. The highest BCUT2D eigenvalue weighted by Crippen LogP contribution is 2.15. The first-order valence-electron chi connectivity index (χ1n) is 6.24. The van der Waals surface area contributed by atoms with Crippen molar-refractivity contribution in [3.8, 4) is 0 Å². The summed E-state index contributed by atoms with van der Waals surface area (Å²) in [5, 5.41) is 21.7. The largest absolute Gasteiger partial charge is 0.341 e. The van der Waals surface area contributed by atoms with Crippen molar-refractivity contribution in [1.82, 2.24) is 0 Å². The van der Waals surface area contributed by atoms with Gasteiger partial charge in [0.05, 0.1) is 9.85 Å². The van der Waals surface area contributed by atoms with E-state index in [4.69, 9.17) is 0 Å². The molecule has 0 aliphatic rings. The molecule has 0 heterocycles. The van der Waals surface area contributed by atoms with Gasteiger partial charge in [-0.2, -0.15) is 0 Å². The van der Waals surface area contributed by atoms with E-state index in [0.717, 1.165) is 25.7 Å². The first-order chi connectivity index (χ1) is 8.54. The van der Waals surface area contributed by atoms with E-state index in [9.17, 15) is 20.2 Å². The first-order valence-corrected chi connectivity index (χ1v) is 6.24. The molecular weight excluding hydrogens is 236 g/mol. The topological polar surface area (TPSA) is 86.3 Å². The summed E-state index contributed by atoms with van der Waals surface area (Å²) in [6, 6.07) is 0. The maximum atomic E-state index is 10.9. The van der Waals surface area contributed by atoms with Gasteiger partial charge in [-0.15, -0.1) is 0 Å². The lowest BCUT2D eigenvalue weighted by Gasteiger charge is -1.97. The lowest BCUT2D eigenvalue weighted by Crippen LogP contribution is -2.10. The molecule has 0 rings (SSSR count). The van der Waals surface area contributed by atoms with Crippen molar-refractivity contribution in [3.63, 3.8) is 0 Å². The Bertz CT molecular complexity index is 314. The highest BCUT2D eigenvalue weighted by atomic mass is 16.6. The van der Waals surface area contributed by atoms with E-state index < -0.39 is 9.85 Å². The van der Waals surface area contributed by atoms with Crippen LogP contribution >= 0.6 is 0 Å². The summed E-state index contributed by atoms with van der Waals surface area (Å²) in [5.74, 6) is 0. The molecule has 18 heavy (non-hydrogen) atoms. The van der Waals surface area contributed by atoms with E-state index in [1.165, 1.54) is 12.2 Å².